The molecular weight excluding hydrogens is 246 g/mol. The lowest BCUT2D eigenvalue weighted by molar-refractivity contribution is -0.142. The molecule has 2 heterocycles. The van der Waals surface area contributed by atoms with Gasteiger partial charge in [0.05, 0.1) is 17.4 Å². The molecule has 0 bridgehead atoms. The summed E-state index contributed by atoms with van der Waals surface area (Å²) in [6.07, 6.45) is 0.902. The lowest BCUT2D eigenvalue weighted by Crippen LogP contribution is -2.54. The number of hydrogen-bond acceptors (Lipinski definition) is 4. The fourth-order valence-electron chi connectivity index (χ4n) is 2.73. The molecule has 108 valence electrons. The van der Waals surface area contributed by atoms with Crippen LogP contribution in [0.15, 0.2) is 0 Å². The molecule has 2 aliphatic rings. The summed E-state index contributed by atoms with van der Waals surface area (Å²) in [5.74, 6) is -0.124. The third-order valence-corrected chi connectivity index (χ3v) is 4.39. The molecule has 2 atom stereocenters. The summed E-state index contributed by atoms with van der Waals surface area (Å²) in [5, 5.41) is 6.15. The van der Waals surface area contributed by atoms with Gasteiger partial charge in [0.25, 0.3) is 0 Å². The van der Waals surface area contributed by atoms with Gasteiger partial charge in [-0.2, -0.15) is 0 Å². The Bertz CT molecular complexity index is 383. The Labute approximate surface area is 113 Å². The number of nitrogens with two attached hydrogens (primary N) is 1. The highest BCUT2D eigenvalue weighted by Gasteiger charge is 2.51. The van der Waals surface area contributed by atoms with Crippen molar-refractivity contribution in [1.29, 1.82) is 0 Å². The van der Waals surface area contributed by atoms with Crippen molar-refractivity contribution in [3.05, 3.63) is 0 Å². The summed E-state index contributed by atoms with van der Waals surface area (Å²) in [6.45, 7) is 6.39. The van der Waals surface area contributed by atoms with E-state index >= 15 is 0 Å². The van der Waals surface area contributed by atoms with Crippen molar-refractivity contribution >= 4 is 11.8 Å². The molecule has 2 fully saturated rings. The Balaban J connectivity index is 2.01. The van der Waals surface area contributed by atoms with Gasteiger partial charge in [0, 0.05) is 19.7 Å². The number of rotatable bonds is 4. The van der Waals surface area contributed by atoms with Crippen molar-refractivity contribution < 1.29 is 14.3 Å². The lowest BCUT2D eigenvalue weighted by Gasteiger charge is -2.37. The highest BCUT2D eigenvalue weighted by Crippen LogP contribution is 2.37. The Morgan fingerprint density at radius 1 is 1.53 bits per heavy atom. The van der Waals surface area contributed by atoms with Gasteiger partial charge in [-0.05, 0) is 32.7 Å². The van der Waals surface area contributed by atoms with Crippen LogP contribution in [0, 0.1) is 16.7 Å². The van der Waals surface area contributed by atoms with Crippen LogP contribution in [0.2, 0.25) is 0 Å². The maximum absolute atomic E-state index is 12.5. The van der Waals surface area contributed by atoms with Crippen molar-refractivity contribution in [2.75, 3.05) is 32.8 Å². The highest BCUT2D eigenvalue weighted by atomic mass is 16.5. The monoisotopic (exact) mass is 269 g/mol. The minimum atomic E-state index is -0.733. The largest absolute Gasteiger partial charge is 0.380 e. The number of nitrogens with one attached hydrogen (secondary N) is 2. The van der Waals surface area contributed by atoms with E-state index in [1.165, 1.54) is 0 Å². The number of fused-ring (bicyclic) bond motifs is 1. The normalized spacial score (nSPS) is 30.7. The molecule has 0 saturated carbocycles. The molecule has 6 nitrogen and oxygen atoms in total. The smallest absolute Gasteiger partial charge is 0.230 e. The molecule has 2 rings (SSSR count). The van der Waals surface area contributed by atoms with Gasteiger partial charge in [0.1, 0.15) is 0 Å². The van der Waals surface area contributed by atoms with E-state index in [0.29, 0.717) is 25.7 Å². The fourth-order valence-corrected chi connectivity index (χ4v) is 2.73. The molecule has 0 unspecified atom stereocenters. The third kappa shape index (κ3) is 2.60. The van der Waals surface area contributed by atoms with Crippen LogP contribution in [0.1, 0.15) is 20.3 Å². The number of carbonyl (C=O) groups is 2. The molecule has 2 amide bonds. The molecule has 6 heteroatoms. The molecule has 4 N–H and O–H groups in total. The fraction of sp³-hybridized carbons (Fsp3) is 0.846. The molecule has 2 saturated heterocycles. The molecule has 0 radical (unpaired) electrons. The SMILES string of the molecule is CC(C)(CNC(=O)[C@]12CNC[C@H]1CCOC2)C(N)=O. The minimum absolute atomic E-state index is 0.0310. The first-order valence-corrected chi connectivity index (χ1v) is 6.75. The Morgan fingerprint density at radius 3 is 2.95 bits per heavy atom. The number of hydrogen-bond donors (Lipinski definition) is 3. The lowest BCUT2D eigenvalue weighted by atomic mass is 9.74. The number of amides is 2. The van der Waals surface area contributed by atoms with E-state index in [1.807, 2.05) is 0 Å². The Kier molecular flexibility index (Phi) is 3.82. The van der Waals surface area contributed by atoms with Crippen molar-refractivity contribution in [2.45, 2.75) is 20.3 Å². The van der Waals surface area contributed by atoms with Gasteiger partial charge >= 0.3 is 0 Å². The summed E-state index contributed by atoms with van der Waals surface area (Å²) in [6, 6.07) is 0. The van der Waals surface area contributed by atoms with E-state index < -0.39 is 16.7 Å². The van der Waals surface area contributed by atoms with E-state index in [2.05, 4.69) is 10.6 Å². The zero-order valence-corrected chi connectivity index (χ0v) is 11.6. The van der Waals surface area contributed by atoms with Crippen molar-refractivity contribution in [3.8, 4) is 0 Å². The average molecular weight is 269 g/mol. The first kappa shape index (κ1) is 14.3. The van der Waals surface area contributed by atoms with Gasteiger partial charge in [-0.1, -0.05) is 0 Å². The van der Waals surface area contributed by atoms with Crippen LogP contribution in [0.4, 0.5) is 0 Å². The quantitative estimate of drug-likeness (QED) is 0.625. The van der Waals surface area contributed by atoms with Gasteiger partial charge in [-0.25, -0.2) is 0 Å². The average Bonchev–Trinajstić information content (AvgIpc) is 2.80. The minimum Gasteiger partial charge on any atom is -0.380 e. The van der Waals surface area contributed by atoms with E-state index in [-0.39, 0.29) is 12.5 Å². The van der Waals surface area contributed by atoms with Gasteiger partial charge in [-0.3, -0.25) is 9.59 Å². The van der Waals surface area contributed by atoms with Crippen LogP contribution in [-0.4, -0.2) is 44.7 Å². The molecule has 0 aliphatic carbocycles. The van der Waals surface area contributed by atoms with Crippen molar-refractivity contribution in [1.82, 2.24) is 10.6 Å². The van der Waals surface area contributed by atoms with Crippen LogP contribution in [0.3, 0.4) is 0 Å². The summed E-state index contributed by atoms with van der Waals surface area (Å²) in [5.41, 5.74) is 4.10. The van der Waals surface area contributed by atoms with E-state index in [4.69, 9.17) is 10.5 Å². The second kappa shape index (κ2) is 5.09. The predicted molar refractivity (Wildman–Crippen MR) is 70.2 cm³/mol. The maximum atomic E-state index is 12.5. The second-order valence-corrected chi connectivity index (χ2v) is 6.26. The highest BCUT2D eigenvalue weighted by molar-refractivity contribution is 5.85. The maximum Gasteiger partial charge on any atom is 0.230 e. The van der Waals surface area contributed by atoms with Gasteiger partial charge in [0.15, 0.2) is 0 Å². The number of carbonyl (C=O) groups excluding carboxylic acids is 2. The molecule has 0 aromatic carbocycles. The van der Waals surface area contributed by atoms with E-state index in [9.17, 15) is 9.59 Å². The van der Waals surface area contributed by atoms with Crippen molar-refractivity contribution in [3.63, 3.8) is 0 Å². The van der Waals surface area contributed by atoms with Crippen LogP contribution in [-0.2, 0) is 14.3 Å². The predicted octanol–water partition coefficient (Wildman–Crippen LogP) is -0.760. The second-order valence-electron chi connectivity index (χ2n) is 6.26. The Morgan fingerprint density at radius 2 is 2.26 bits per heavy atom. The zero-order chi connectivity index (χ0) is 14.1. The molecule has 2 aliphatic heterocycles. The molecular formula is C13H23N3O3. The van der Waals surface area contributed by atoms with Crippen LogP contribution in [0.25, 0.3) is 0 Å². The number of primary amides is 1. The summed E-state index contributed by atoms with van der Waals surface area (Å²) < 4.78 is 5.49. The third-order valence-electron chi connectivity index (χ3n) is 4.39. The zero-order valence-electron chi connectivity index (χ0n) is 11.6. The van der Waals surface area contributed by atoms with Crippen LogP contribution >= 0.6 is 0 Å². The number of ether oxygens (including phenoxy) is 1. The molecule has 0 aromatic rings. The summed E-state index contributed by atoms with van der Waals surface area (Å²) in [7, 11) is 0. The van der Waals surface area contributed by atoms with E-state index in [0.717, 1.165) is 13.0 Å². The van der Waals surface area contributed by atoms with E-state index in [1.54, 1.807) is 13.8 Å². The molecule has 0 spiro atoms. The summed E-state index contributed by atoms with van der Waals surface area (Å²) >= 11 is 0. The van der Waals surface area contributed by atoms with Gasteiger partial charge < -0.3 is 21.1 Å². The van der Waals surface area contributed by atoms with Gasteiger partial charge in [0.2, 0.25) is 11.8 Å². The van der Waals surface area contributed by atoms with Crippen LogP contribution in [0.5, 0.6) is 0 Å². The summed E-state index contributed by atoms with van der Waals surface area (Å²) in [4.78, 5) is 23.8. The van der Waals surface area contributed by atoms with Gasteiger partial charge in [-0.15, -0.1) is 0 Å². The molecule has 0 aromatic heterocycles. The Hall–Kier alpha value is -1.14. The van der Waals surface area contributed by atoms with Crippen molar-refractivity contribution in [2.24, 2.45) is 22.5 Å². The first-order chi connectivity index (χ1) is 8.88. The topological polar surface area (TPSA) is 93.4 Å². The standard InChI is InChI=1S/C13H23N3O3/c1-12(2,10(14)17)6-16-11(18)13-7-15-5-9(13)3-4-19-8-13/h9,15H,3-8H2,1-2H3,(H2,14,17)(H,16,18)/t9-,13+/m1/s1. The molecule has 19 heavy (non-hydrogen) atoms. The first-order valence-electron chi connectivity index (χ1n) is 6.75. The van der Waals surface area contributed by atoms with Crippen LogP contribution < -0.4 is 16.4 Å².